The third kappa shape index (κ3) is 1.73. The summed E-state index contributed by atoms with van der Waals surface area (Å²) in [5, 5.41) is 0. The number of fused-ring (bicyclic) bond motifs is 1. The first kappa shape index (κ1) is 10.5. The number of hydrogen-bond donors (Lipinski definition) is 0. The molecule has 15 heavy (non-hydrogen) atoms. The number of amides is 2. The molecule has 0 aromatic heterocycles. The molecule has 2 rings (SSSR count). The van der Waals surface area contributed by atoms with Crippen LogP contribution >= 0.6 is 0 Å². The Morgan fingerprint density at radius 3 is 2.67 bits per heavy atom. The summed E-state index contributed by atoms with van der Waals surface area (Å²) in [4.78, 5) is 24.6. The van der Waals surface area contributed by atoms with Gasteiger partial charge in [0.1, 0.15) is 5.60 Å². The van der Waals surface area contributed by atoms with Crippen LogP contribution in [0, 0.1) is 5.92 Å². The first-order valence-corrected chi connectivity index (χ1v) is 5.46. The summed E-state index contributed by atoms with van der Waals surface area (Å²) in [7, 11) is 0. The fourth-order valence-corrected chi connectivity index (χ4v) is 2.33. The first-order valence-electron chi connectivity index (χ1n) is 5.46. The number of β-lactam (4-membered cyclic amide) rings is 1. The van der Waals surface area contributed by atoms with Gasteiger partial charge in [0.25, 0.3) is 0 Å². The van der Waals surface area contributed by atoms with Gasteiger partial charge >= 0.3 is 6.09 Å². The molecule has 0 spiro atoms. The Labute approximate surface area is 89.6 Å². The third-order valence-electron chi connectivity index (χ3n) is 2.96. The number of ether oxygens (including phenoxy) is 1. The van der Waals surface area contributed by atoms with E-state index in [9.17, 15) is 9.59 Å². The van der Waals surface area contributed by atoms with Crippen molar-refractivity contribution in [1.29, 1.82) is 0 Å². The summed E-state index contributed by atoms with van der Waals surface area (Å²) in [6, 6.07) is 0.118. The number of likely N-dealkylation sites (tertiary alicyclic amines) is 1. The number of nitrogens with zero attached hydrogens (tertiary/aromatic N) is 1. The molecule has 4 nitrogen and oxygen atoms in total. The average molecular weight is 211 g/mol. The molecule has 0 radical (unpaired) electrons. The van der Waals surface area contributed by atoms with Crippen molar-refractivity contribution in [2.45, 2.75) is 51.7 Å². The topological polar surface area (TPSA) is 46.6 Å². The van der Waals surface area contributed by atoms with Gasteiger partial charge in [-0.1, -0.05) is 6.42 Å². The van der Waals surface area contributed by atoms with Crippen LogP contribution in [-0.4, -0.2) is 28.5 Å². The highest BCUT2D eigenvalue weighted by Gasteiger charge is 2.53. The Kier molecular flexibility index (Phi) is 2.24. The number of imide groups is 1. The molecule has 1 saturated carbocycles. The van der Waals surface area contributed by atoms with Crippen molar-refractivity contribution in [1.82, 2.24) is 4.90 Å². The number of carbonyl (C=O) groups excluding carboxylic acids is 2. The van der Waals surface area contributed by atoms with Gasteiger partial charge in [-0.3, -0.25) is 4.79 Å². The molecule has 2 aliphatic rings. The van der Waals surface area contributed by atoms with E-state index >= 15 is 0 Å². The van der Waals surface area contributed by atoms with Gasteiger partial charge < -0.3 is 4.74 Å². The maximum atomic E-state index is 11.7. The highest BCUT2D eigenvalue weighted by Crippen LogP contribution is 2.40. The van der Waals surface area contributed by atoms with Gasteiger partial charge in [-0.15, -0.1) is 0 Å². The van der Waals surface area contributed by atoms with Gasteiger partial charge in [-0.2, -0.15) is 0 Å². The lowest BCUT2D eigenvalue weighted by Crippen LogP contribution is -2.61. The second-order valence-electron chi connectivity index (χ2n) is 5.29. The summed E-state index contributed by atoms with van der Waals surface area (Å²) < 4.78 is 5.19. The van der Waals surface area contributed by atoms with Crippen LogP contribution in [0.2, 0.25) is 0 Å². The van der Waals surface area contributed by atoms with Crippen LogP contribution in [-0.2, 0) is 9.53 Å². The minimum absolute atomic E-state index is 0.0493. The lowest BCUT2D eigenvalue weighted by molar-refractivity contribution is -0.151. The Hall–Kier alpha value is -1.06. The molecule has 84 valence electrons. The van der Waals surface area contributed by atoms with E-state index in [0.29, 0.717) is 0 Å². The van der Waals surface area contributed by atoms with E-state index in [0.717, 1.165) is 19.3 Å². The van der Waals surface area contributed by atoms with E-state index < -0.39 is 11.7 Å². The van der Waals surface area contributed by atoms with Crippen LogP contribution in [0.15, 0.2) is 0 Å². The summed E-state index contributed by atoms with van der Waals surface area (Å²) in [6.07, 6.45) is 2.44. The van der Waals surface area contributed by atoms with Crippen LogP contribution in [0.1, 0.15) is 40.0 Å². The minimum Gasteiger partial charge on any atom is -0.443 e. The second kappa shape index (κ2) is 3.22. The zero-order chi connectivity index (χ0) is 11.2. The van der Waals surface area contributed by atoms with Crippen molar-refractivity contribution in [3.05, 3.63) is 0 Å². The summed E-state index contributed by atoms with van der Waals surface area (Å²) in [5.41, 5.74) is -0.527. The molecule has 0 aromatic rings. The smallest absolute Gasteiger partial charge is 0.417 e. The summed E-state index contributed by atoms with van der Waals surface area (Å²) >= 11 is 0. The van der Waals surface area contributed by atoms with Crippen LogP contribution in [0.5, 0.6) is 0 Å². The lowest BCUT2D eigenvalue weighted by Gasteiger charge is -2.41. The Morgan fingerprint density at radius 1 is 1.40 bits per heavy atom. The van der Waals surface area contributed by atoms with Gasteiger partial charge in [0.05, 0.1) is 12.0 Å². The van der Waals surface area contributed by atoms with Crippen molar-refractivity contribution in [3.8, 4) is 0 Å². The lowest BCUT2D eigenvalue weighted by atomic mass is 9.91. The highest BCUT2D eigenvalue weighted by atomic mass is 16.6. The van der Waals surface area contributed by atoms with Gasteiger partial charge in [-0.25, -0.2) is 9.69 Å². The maximum absolute atomic E-state index is 11.7. The number of hydrogen-bond acceptors (Lipinski definition) is 3. The predicted octanol–water partition coefficient (Wildman–Crippen LogP) is 1.93. The fraction of sp³-hybridized carbons (Fsp3) is 0.818. The zero-order valence-corrected chi connectivity index (χ0v) is 9.45. The van der Waals surface area contributed by atoms with Crippen LogP contribution < -0.4 is 0 Å². The Balaban J connectivity index is 2.00. The molecule has 0 aromatic carbocycles. The monoisotopic (exact) mass is 211 g/mol. The normalized spacial score (nSPS) is 29.8. The van der Waals surface area contributed by atoms with E-state index in [1.807, 2.05) is 0 Å². The molecule has 4 heteroatoms. The largest absolute Gasteiger partial charge is 0.443 e. The van der Waals surface area contributed by atoms with E-state index in [2.05, 4.69) is 0 Å². The molecule has 0 bridgehead atoms. The maximum Gasteiger partial charge on any atom is 0.417 e. The van der Waals surface area contributed by atoms with E-state index in [-0.39, 0.29) is 17.9 Å². The molecule has 0 N–H and O–H groups in total. The van der Waals surface area contributed by atoms with Crippen LogP contribution in [0.3, 0.4) is 0 Å². The van der Waals surface area contributed by atoms with Crippen LogP contribution in [0.4, 0.5) is 4.79 Å². The predicted molar refractivity (Wildman–Crippen MR) is 54.2 cm³/mol. The first-order chi connectivity index (χ1) is 6.90. The zero-order valence-electron chi connectivity index (χ0n) is 9.45. The fourth-order valence-electron chi connectivity index (χ4n) is 2.33. The van der Waals surface area contributed by atoms with Crippen molar-refractivity contribution in [2.75, 3.05) is 0 Å². The standard InChI is InChI=1S/C11H17NO3/c1-11(2,3)15-10(14)12-8-6-4-5-7(8)9(12)13/h7-8H,4-6H2,1-3H3/t7?,8-/m1/s1. The second-order valence-corrected chi connectivity index (χ2v) is 5.29. The molecule has 1 aliphatic carbocycles. The Bertz CT molecular complexity index is 305. The van der Waals surface area contributed by atoms with E-state index in [4.69, 9.17) is 4.74 Å². The quantitative estimate of drug-likeness (QED) is 0.575. The molecule has 1 saturated heterocycles. The molecule has 1 heterocycles. The molecular weight excluding hydrogens is 194 g/mol. The number of rotatable bonds is 0. The third-order valence-corrected chi connectivity index (χ3v) is 2.96. The van der Waals surface area contributed by atoms with Gasteiger partial charge in [-0.05, 0) is 33.6 Å². The van der Waals surface area contributed by atoms with E-state index in [1.165, 1.54) is 4.90 Å². The molecule has 1 aliphatic heterocycles. The molecular formula is C11H17NO3. The van der Waals surface area contributed by atoms with Crippen molar-refractivity contribution < 1.29 is 14.3 Å². The average Bonchev–Trinajstić information content (AvgIpc) is 2.44. The molecule has 1 unspecified atom stereocenters. The summed E-state index contributed by atoms with van der Waals surface area (Å²) in [6.45, 7) is 5.42. The number of carbonyl (C=O) groups is 2. The molecule has 2 amide bonds. The van der Waals surface area contributed by atoms with Crippen LogP contribution in [0.25, 0.3) is 0 Å². The van der Waals surface area contributed by atoms with Gasteiger partial charge in [0.15, 0.2) is 0 Å². The molecule has 2 fully saturated rings. The summed E-state index contributed by atoms with van der Waals surface area (Å²) in [5.74, 6) is 0.0456. The van der Waals surface area contributed by atoms with Gasteiger partial charge in [0, 0.05) is 0 Å². The molecule has 2 atom stereocenters. The highest BCUT2D eigenvalue weighted by molar-refractivity contribution is 5.99. The van der Waals surface area contributed by atoms with Crippen molar-refractivity contribution in [2.24, 2.45) is 5.92 Å². The van der Waals surface area contributed by atoms with Crippen molar-refractivity contribution >= 4 is 12.0 Å². The Morgan fingerprint density at radius 2 is 2.07 bits per heavy atom. The van der Waals surface area contributed by atoms with Crippen molar-refractivity contribution in [3.63, 3.8) is 0 Å². The SMILES string of the molecule is CC(C)(C)OC(=O)N1C(=O)C2CCC[C@H]21. The van der Waals surface area contributed by atoms with Gasteiger partial charge in [0.2, 0.25) is 5.91 Å². The van der Waals surface area contributed by atoms with E-state index in [1.54, 1.807) is 20.8 Å². The minimum atomic E-state index is -0.527.